The van der Waals surface area contributed by atoms with Gasteiger partial charge in [0.15, 0.2) is 6.04 Å². The largest absolute Gasteiger partial charge is 0.453 e. The van der Waals surface area contributed by atoms with E-state index in [1.807, 2.05) is 69.0 Å². The Hall–Kier alpha value is -5.24. The Morgan fingerprint density at radius 1 is 0.827 bits per heavy atom. The summed E-state index contributed by atoms with van der Waals surface area (Å²) in [6, 6.07) is 12.6. The number of carbonyl (C=O) groups excluding carboxylic acids is 4. The van der Waals surface area contributed by atoms with E-state index in [1.165, 1.54) is 14.2 Å². The van der Waals surface area contributed by atoms with Crippen molar-refractivity contribution in [2.45, 2.75) is 71.5 Å². The van der Waals surface area contributed by atoms with Crippen LogP contribution in [0.2, 0.25) is 0 Å². The predicted molar refractivity (Wildman–Crippen MR) is 197 cm³/mol. The van der Waals surface area contributed by atoms with Crippen molar-refractivity contribution in [3.05, 3.63) is 54.5 Å². The normalized spacial score (nSPS) is 18.1. The zero-order valence-electron chi connectivity index (χ0n) is 30.7. The molecule has 4 amide bonds. The number of methoxy groups -OCH3 is 2. The molecule has 0 bridgehead atoms. The maximum absolute atomic E-state index is 14.0. The van der Waals surface area contributed by atoms with Crippen LogP contribution in [0.4, 0.5) is 15.5 Å². The van der Waals surface area contributed by atoms with Gasteiger partial charge in [-0.1, -0.05) is 58.0 Å². The number of likely N-dealkylation sites (tertiary alicyclic amines) is 2. The molecule has 4 aromatic rings. The van der Waals surface area contributed by atoms with Gasteiger partial charge in [-0.05, 0) is 53.5 Å². The molecule has 2 fully saturated rings. The average molecular weight is 714 g/mol. The second kappa shape index (κ2) is 15.2. The number of H-pyrrole nitrogens is 2. The van der Waals surface area contributed by atoms with Crippen molar-refractivity contribution in [2.24, 2.45) is 11.8 Å². The summed E-state index contributed by atoms with van der Waals surface area (Å²) in [4.78, 5) is 69.9. The van der Waals surface area contributed by atoms with Crippen molar-refractivity contribution < 1.29 is 28.7 Å². The minimum absolute atomic E-state index is 0.0482. The molecule has 2 aromatic carbocycles. The number of hydrogen-bond acceptors (Lipinski definition) is 8. The van der Waals surface area contributed by atoms with Gasteiger partial charge in [-0.25, -0.2) is 19.4 Å². The first-order valence-corrected chi connectivity index (χ1v) is 18.0. The Balaban J connectivity index is 1.20. The van der Waals surface area contributed by atoms with Crippen LogP contribution in [0.5, 0.6) is 0 Å². The zero-order valence-corrected chi connectivity index (χ0v) is 30.7. The number of ether oxygens (including phenoxy) is 2. The number of fused-ring (bicyclic) bond motifs is 1. The SMILES string of the molecule is COC(=O)NC(C(=O)N1CCCC1c1nc2ccc(-c3ccc(-c4cnc([N+]5(C(=O)C(NC(=O)OC)C(C)C)CCCC5)[nH]4)cc3)cc2[nH]1)C(C)C. The highest BCUT2D eigenvalue weighted by Gasteiger charge is 2.49. The molecule has 3 atom stereocenters. The van der Waals surface area contributed by atoms with E-state index in [1.54, 1.807) is 6.20 Å². The Bertz CT molecular complexity index is 1930. The summed E-state index contributed by atoms with van der Waals surface area (Å²) in [6.07, 6.45) is 3.88. The van der Waals surface area contributed by atoms with Gasteiger partial charge in [-0.3, -0.25) is 9.78 Å². The number of nitrogens with zero attached hydrogens (tertiary/aromatic N) is 4. The first kappa shape index (κ1) is 36.5. The summed E-state index contributed by atoms with van der Waals surface area (Å²) < 4.78 is 9.61. The van der Waals surface area contributed by atoms with Gasteiger partial charge < -0.3 is 30.0 Å². The molecule has 0 saturated carbocycles. The molecule has 6 rings (SSSR count). The number of quaternary nitrogens is 1. The lowest BCUT2D eigenvalue weighted by Gasteiger charge is -2.32. The van der Waals surface area contributed by atoms with E-state index < -0.39 is 24.3 Å². The van der Waals surface area contributed by atoms with E-state index in [9.17, 15) is 19.2 Å². The molecule has 0 spiro atoms. The molecule has 2 aliphatic heterocycles. The molecular weight excluding hydrogens is 664 g/mol. The summed E-state index contributed by atoms with van der Waals surface area (Å²) in [6.45, 7) is 9.41. The Labute approximate surface area is 303 Å². The van der Waals surface area contributed by atoms with E-state index in [0.717, 1.165) is 64.9 Å². The lowest BCUT2D eigenvalue weighted by atomic mass is 10.0. The monoisotopic (exact) mass is 713 g/mol. The quantitative estimate of drug-likeness (QED) is 0.152. The van der Waals surface area contributed by atoms with Crippen molar-refractivity contribution in [1.82, 2.24) is 40.0 Å². The smallest absolute Gasteiger partial charge is 0.407 e. The third kappa shape index (κ3) is 7.11. The van der Waals surface area contributed by atoms with E-state index in [0.29, 0.717) is 25.6 Å². The van der Waals surface area contributed by atoms with Crippen molar-refractivity contribution in [3.8, 4) is 22.4 Å². The van der Waals surface area contributed by atoms with Crippen LogP contribution in [-0.2, 0) is 19.1 Å². The minimum atomic E-state index is -0.714. The summed E-state index contributed by atoms with van der Waals surface area (Å²) in [5.74, 6) is 0.807. The van der Waals surface area contributed by atoms with E-state index in [2.05, 4.69) is 26.7 Å². The molecule has 276 valence electrons. The standard InChI is InChI=1S/C38H48N8O6/c1-22(2)31(43-37(49)51-5)34(47)45-17-9-10-30(45)33-40-27-16-15-26(20-28(27)41-33)24-11-13-25(14-12-24)29-21-39-36(42-29)46(18-7-8-19-46)35(48)32(23(3)4)44-38(50)52-6/h11-16,20-23,30-32H,7-10,17-19H2,1-6H3,(H3-,39,40,41,42,43,44,49,50)/p+1. The molecule has 4 N–H and O–H groups in total. The first-order chi connectivity index (χ1) is 24.9. The molecule has 2 aromatic heterocycles. The summed E-state index contributed by atoms with van der Waals surface area (Å²) >= 11 is 0. The fraction of sp³-hybridized carbons (Fsp3) is 0.474. The van der Waals surface area contributed by atoms with Gasteiger partial charge in [0.1, 0.15) is 11.9 Å². The van der Waals surface area contributed by atoms with Crippen molar-refractivity contribution in [1.29, 1.82) is 0 Å². The highest BCUT2D eigenvalue weighted by atomic mass is 16.5. The topological polar surface area (TPSA) is 171 Å². The van der Waals surface area contributed by atoms with Gasteiger partial charge in [0.25, 0.3) is 0 Å². The zero-order chi connectivity index (χ0) is 37.2. The lowest BCUT2D eigenvalue weighted by molar-refractivity contribution is -0.135. The second-order valence-corrected chi connectivity index (χ2v) is 14.4. The first-order valence-electron chi connectivity index (χ1n) is 18.0. The predicted octanol–water partition coefficient (Wildman–Crippen LogP) is 5.67. The molecule has 4 heterocycles. The fourth-order valence-corrected chi connectivity index (χ4v) is 7.45. The van der Waals surface area contributed by atoms with Crippen LogP contribution in [0.15, 0.2) is 48.7 Å². The fourth-order valence-electron chi connectivity index (χ4n) is 7.45. The van der Waals surface area contributed by atoms with Gasteiger partial charge in [0.05, 0.1) is 56.3 Å². The number of nitrogens with one attached hydrogen (secondary N) is 4. The van der Waals surface area contributed by atoms with Crippen LogP contribution in [0.3, 0.4) is 0 Å². The molecule has 2 aliphatic rings. The molecule has 0 radical (unpaired) electrons. The van der Waals surface area contributed by atoms with Gasteiger partial charge >= 0.3 is 24.0 Å². The van der Waals surface area contributed by atoms with Crippen molar-refractivity contribution in [2.75, 3.05) is 33.9 Å². The summed E-state index contributed by atoms with van der Waals surface area (Å²) in [7, 11) is 2.58. The molecule has 3 unspecified atom stereocenters. The summed E-state index contributed by atoms with van der Waals surface area (Å²) in [5, 5.41) is 5.44. The summed E-state index contributed by atoms with van der Waals surface area (Å²) in [5.41, 5.74) is 5.42. The van der Waals surface area contributed by atoms with Crippen LogP contribution in [0.1, 0.15) is 65.2 Å². The van der Waals surface area contributed by atoms with Crippen LogP contribution in [0.25, 0.3) is 33.4 Å². The van der Waals surface area contributed by atoms with Crippen LogP contribution < -0.4 is 15.1 Å². The van der Waals surface area contributed by atoms with Crippen molar-refractivity contribution in [3.63, 3.8) is 0 Å². The molecule has 14 heteroatoms. The molecular formula is C38H49N8O6+. The second-order valence-electron chi connectivity index (χ2n) is 14.4. The Kier molecular flexibility index (Phi) is 10.7. The highest BCUT2D eigenvalue weighted by molar-refractivity contribution is 5.94. The van der Waals surface area contributed by atoms with E-state index in [4.69, 9.17) is 19.4 Å². The Morgan fingerprint density at radius 3 is 2.08 bits per heavy atom. The van der Waals surface area contributed by atoms with Gasteiger partial charge in [0, 0.05) is 19.4 Å². The highest BCUT2D eigenvalue weighted by Crippen LogP contribution is 2.35. The molecule has 0 aliphatic carbocycles. The number of alkyl carbamates (subject to hydrolysis) is 2. The number of rotatable bonds is 10. The number of aromatic amines is 2. The third-order valence-electron chi connectivity index (χ3n) is 10.4. The van der Waals surface area contributed by atoms with Crippen LogP contribution in [0, 0.1) is 11.8 Å². The average Bonchev–Trinajstić information content (AvgIpc) is 3.97. The number of amides is 4. The number of aromatic nitrogens is 4. The molecule has 14 nitrogen and oxygen atoms in total. The maximum atomic E-state index is 14.0. The van der Waals surface area contributed by atoms with Gasteiger partial charge in [-0.15, -0.1) is 0 Å². The number of carbonyl (C=O) groups is 4. The van der Waals surface area contributed by atoms with Crippen LogP contribution in [-0.4, -0.2) is 94.8 Å². The van der Waals surface area contributed by atoms with Crippen LogP contribution >= 0.6 is 0 Å². The Morgan fingerprint density at radius 2 is 1.44 bits per heavy atom. The third-order valence-corrected chi connectivity index (χ3v) is 10.4. The number of benzene rings is 2. The molecule has 2 saturated heterocycles. The molecule has 52 heavy (non-hydrogen) atoms. The minimum Gasteiger partial charge on any atom is -0.453 e. The maximum Gasteiger partial charge on any atom is 0.407 e. The lowest BCUT2D eigenvalue weighted by Crippen LogP contribution is -2.62. The van der Waals surface area contributed by atoms with Gasteiger partial charge in [0.2, 0.25) is 5.91 Å². The number of imidazole rings is 2. The van der Waals surface area contributed by atoms with Crippen molar-refractivity contribution >= 4 is 41.0 Å². The van der Waals surface area contributed by atoms with Gasteiger partial charge in [-0.2, -0.15) is 9.47 Å². The number of hydrogen-bond donors (Lipinski definition) is 4. The van der Waals surface area contributed by atoms with E-state index >= 15 is 0 Å². The van der Waals surface area contributed by atoms with E-state index in [-0.39, 0.29) is 34.2 Å².